The largest absolute Gasteiger partial charge is 0.480 e. The summed E-state index contributed by atoms with van der Waals surface area (Å²) in [5.74, 6) is -1.88. The number of fused-ring (bicyclic) bond motifs is 3. The number of hydrogen-bond acceptors (Lipinski definition) is 5. The van der Waals surface area contributed by atoms with Crippen LogP contribution in [0.25, 0.3) is 11.1 Å². The number of alkyl carbamates (subject to hydrolysis) is 1. The van der Waals surface area contributed by atoms with Crippen molar-refractivity contribution in [2.75, 3.05) is 13.7 Å². The van der Waals surface area contributed by atoms with Crippen LogP contribution >= 0.6 is 0 Å². The third-order valence-electron chi connectivity index (χ3n) is 7.12. The molecule has 0 bridgehead atoms. The van der Waals surface area contributed by atoms with Gasteiger partial charge in [0, 0.05) is 25.0 Å². The Morgan fingerprint density at radius 3 is 2.26 bits per heavy atom. The van der Waals surface area contributed by atoms with Crippen LogP contribution in [-0.4, -0.2) is 55.0 Å². The number of methoxy groups -OCH3 is 1. The highest BCUT2D eigenvalue weighted by molar-refractivity contribution is 5.85. The zero-order valence-electron chi connectivity index (χ0n) is 20.0. The van der Waals surface area contributed by atoms with Crippen molar-refractivity contribution < 1.29 is 29.0 Å². The van der Waals surface area contributed by atoms with Crippen molar-refractivity contribution in [3.63, 3.8) is 0 Å². The van der Waals surface area contributed by atoms with Crippen LogP contribution in [0.4, 0.5) is 4.79 Å². The van der Waals surface area contributed by atoms with E-state index in [4.69, 9.17) is 9.47 Å². The normalized spacial score (nSPS) is 20.7. The van der Waals surface area contributed by atoms with E-state index in [9.17, 15) is 19.5 Å². The molecule has 0 heterocycles. The first kappa shape index (κ1) is 24.7. The maximum absolute atomic E-state index is 12.7. The Morgan fingerprint density at radius 2 is 1.66 bits per heavy atom. The van der Waals surface area contributed by atoms with Gasteiger partial charge in [-0.25, -0.2) is 9.59 Å². The molecule has 2 amide bonds. The van der Waals surface area contributed by atoms with Crippen molar-refractivity contribution >= 4 is 18.0 Å². The zero-order chi connectivity index (χ0) is 24.9. The number of ether oxygens (including phenoxy) is 2. The fraction of sp³-hybridized carbons (Fsp3) is 0.444. The molecule has 3 N–H and O–H groups in total. The summed E-state index contributed by atoms with van der Waals surface area (Å²) < 4.78 is 10.7. The number of carbonyl (C=O) groups excluding carboxylic acids is 2. The summed E-state index contributed by atoms with van der Waals surface area (Å²) in [6, 6.07) is 15.0. The average molecular weight is 481 g/mol. The van der Waals surface area contributed by atoms with Crippen molar-refractivity contribution in [3.8, 4) is 11.1 Å². The number of carbonyl (C=O) groups is 3. The molecule has 0 aromatic heterocycles. The average Bonchev–Trinajstić information content (AvgIpc) is 3.19. The van der Waals surface area contributed by atoms with E-state index in [1.807, 2.05) is 24.3 Å². The first-order valence-corrected chi connectivity index (χ1v) is 12.1. The van der Waals surface area contributed by atoms with Gasteiger partial charge in [-0.15, -0.1) is 0 Å². The number of hydrogen-bond donors (Lipinski definition) is 3. The quantitative estimate of drug-likeness (QED) is 0.531. The Labute approximate surface area is 205 Å². The lowest BCUT2D eigenvalue weighted by molar-refractivity contribution is -0.146. The lowest BCUT2D eigenvalue weighted by Crippen LogP contribution is -2.51. The predicted molar refractivity (Wildman–Crippen MR) is 130 cm³/mol. The minimum absolute atomic E-state index is 0.0197. The molecule has 2 aromatic carbocycles. The summed E-state index contributed by atoms with van der Waals surface area (Å²) in [7, 11) is 1.40. The van der Waals surface area contributed by atoms with Crippen LogP contribution in [0.15, 0.2) is 48.5 Å². The topological polar surface area (TPSA) is 114 Å². The molecule has 0 aliphatic heterocycles. The Kier molecular flexibility index (Phi) is 7.70. The first-order valence-electron chi connectivity index (χ1n) is 12.1. The maximum Gasteiger partial charge on any atom is 0.407 e. The number of benzene rings is 2. The van der Waals surface area contributed by atoms with Crippen LogP contribution in [0.2, 0.25) is 0 Å². The molecule has 2 aliphatic carbocycles. The molecule has 0 saturated heterocycles. The molecule has 0 radical (unpaired) electrons. The van der Waals surface area contributed by atoms with Crippen molar-refractivity contribution in [3.05, 3.63) is 59.7 Å². The van der Waals surface area contributed by atoms with Crippen LogP contribution in [0, 0.1) is 5.92 Å². The SMILES string of the molecule is CO[C@H](C)[C@H](NC(=O)[C@@H]1CCC[C@H](NC(=O)OCC2c3ccccc3-c3ccccc32)C1)C(=O)O. The number of nitrogens with one attached hydrogen (secondary N) is 2. The van der Waals surface area contributed by atoms with E-state index in [-0.39, 0.29) is 30.4 Å². The molecule has 4 rings (SSSR count). The van der Waals surface area contributed by atoms with Crippen molar-refractivity contribution in [1.82, 2.24) is 10.6 Å². The minimum Gasteiger partial charge on any atom is -0.480 e. The van der Waals surface area contributed by atoms with Gasteiger partial charge in [-0.1, -0.05) is 55.0 Å². The Balaban J connectivity index is 1.32. The van der Waals surface area contributed by atoms with Gasteiger partial charge < -0.3 is 25.2 Å². The summed E-state index contributed by atoms with van der Waals surface area (Å²) in [5.41, 5.74) is 4.63. The first-order chi connectivity index (χ1) is 16.9. The summed E-state index contributed by atoms with van der Waals surface area (Å²) >= 11 is 0. The van der Waals surface area contributed by atoms with E-state index >= 15 is 0 Å². The van der Waals surface area contributed by atoms with Crippen LogP contribution < -0.4 is 10.6 Å². The Hall–Kier alpha value is -3.39. The van der Waals surface area contributed by atoms with E-state index in [1.54, 1.807) is 6.92 Å². The molecule has 0 unspecified atom stereocenters. The highest BCUT2D eigenvalue weighted by atomic mass is 16.5. The van der Waals surface area contributed by atoms with Gasteiger partial charge in [-0.3, -0.25) is 4.79 Å². The molecule has 1 saturated carbocycles. The number of rotatable bonds is 8. The van der Waals surface area contributed by atoms with Gasteiger partial charge in [0.05, 0.1) is 6.10 Å². The third-order valence-corrected chi connectivity index (χ3v) is 7.12. The van der Waals surface area contributed by atoms with E-state index in [1.165, 1.54) is 18.2 Å². The highest BCUT2D eigenvalue weighted by Crippen LogP contribution is 2.44. The van der Waals surface area contributed by atoms with Crippen LogP contribution in [0.3, 0.4) is 0 Å². The van der Waals surface area contributed by atoms with Gasteiger partial charge in [0.1, 0.15) is 6.61 Å². The van der Waals surface area contributed by atoms with E-state index in [0.717, 1.165) is 24.0 Å². The van der Waals surface area contributed by atoms with Crippen LogP contribution in [-0.2, 0) is 19.1 Å². The summed E-state index contributed by atoms with van der Waals surface area (Å²) in [6.07, 6.45) is 1.41. The van der Waals surface area contributed by atoms with E-state index < -0.39 is 24.2 Å². The standard InChI is InChI=1S/C27H32N2O6/c1-16(34-2)24(26(31)32)29-25(30)17-8-7-9-18(14-17)28-27(33)35-15-23-21-12-5-3-10-19(21)20-11-4-6-13-22(20)23/h3-6,10-13,16-18,23-24H,7-9,14-15H2,1-2H3,(H,28,33)(H,29,30)(H,31,32)/t16-,17-,18+,24+/m1/s1. The highest BCUT2D eigenvalue weighted by Gasteiger charge is 2.34. The second kappa shape index (κ2) is 10.9. The molecular weight excluding hydrogens is 448 g/mol. The molecule has 8 heteroatoms. The zero-order valence-corrected chi connectivity index (χ0v) is 20.0. The van der Waals surface area contributed by atoms with Crippen molar-refractivity contribution in [2.24, 2.45) is 5.92 Å². The fourth-order valence-corrected chi connectivity index (χ4v) is 5.15. The molecule has 2 aromatic rings. The number of amides is 2. The van der Waals surface area contributed by atoms with Gasteiger partial charge in [0.25, 0.3) is 0 Å². The Bertz CT molecular complexity index is 1040. The molecule has 1 fully saturated rings. The maximum atomic E-state index is 12.7. The molecule has 2 aliphatic rings. The monoisotopic (exact) mass is 480 g/mol. The van der Waals surface area contributed by atoms with Crippen molar-refractivity contribution in [2.45, 2.75) is 56.7 Å². The summed E-state index contributed by atoms with van der Waals surface area (Å²) in [4.78, 5) is 36.9. The lowest BCUT2D eigenvalue weighted by Gasteiger charge is -2.30. The molecule has 186 valence electrons. The summed E-state index contributed by atoms with van der Waals surface area (Å²) in [5, 5.41) is 14.9. The lowest BCUT2D eigenvalue weighted by atomic mass is 9.85. The molecule has 8 nitrogen and oxygen atoms in total. The second-order valence-electron chi connectivity index (χ2n) is 9.30. The summed E-state index contributed by atoms with van der Waals surface area (Å²) in [6.45, 7) is 1.83. The van der Waals surface area contributed by atoms with Gasteiger partial charge in [0.15, 0.2) is 6.04 Å². The molecule has 35 heavy (non-hydrogen) atoms. The third kappa shape index (κ3) is 5.48. The molecule has 0 spiro atoms. The van der Waals surface area contributed by atoms with E-state index in [0.29, 0.717) is 12.8 Å². The second-order valence-corrected chi connectivity index (χ2v) is 9.30. The van der Waals surface area contributed by atoms with E-state index in [2.05, 4.69) is 34.9 Å². The van der Waals surface area contributed by atoms with Gasteiger partial charge in [0.2, 0.25) is 5.91 Å². The predicted octanol–water partition coefficient (Wildman–Crippen LogP) is 3.69. The number of aliphatic carboxylic acids is 1. The number of carboxylic acid groups (broad SMARTS) is 1. The number of carboxylic acids is 1. The van der Waals surface area contributed by atoms with Crippen LogP contribution in [0.1, 0.15) is 49.7 Å². The van der Waals surface area contributed by atoms with Crippen LogP contribution in [0.5, 0.6) is 0 Å². The molecular formula is C27H32N2O6. The van der Waals surface area contributed by atoms with Gasteiger partial charge in [-0.2, -0.15) is 0 Å². The van der Waals surface area contributed by atoms with Gasteiger partial charge >= 0.3 is 12.1 Å². The molecule has 4 atom stereocenters. The smallest absolute Gasteiger partial charge is 0.407 e. The fourth-order valence-electron chi connectivity index (χ4n) is 5.15. The minimum atomic E-state index is -1.14. The van der Waals surface area contributed by atoms with Crippen molar-refractivity contribution in [1.29, 1.82) is 0 Å². The Morgan fingerprint density at radius 1 is 1.03 bits per heavy atom. The van der Waals surface area contributed by atoms with Gasteiger partial charge in [-0.05, 0) is 48.4 Å².